The molecule has 3 N–H and O–H groups in total. The molecule has 3 aromatic carbocycles. The summed E-state index contributed by atoms with van der Waals surface area (Å²) in [5, 5.41) is 18.9. The number of nitrogens with one attached hydrogen (secondary N) is 2. The molecule has 1 aliphatic carbocycles. The minimum Gasteiger partial charge on any atom is -0.454 e. The topological polar surface area (TPSA) is 128 Å². The quantitative estimate of drug-likeness (QED) is 0.0401. The molecular formula is C46H49FN4O4. The molecule has 0 radical (unpaired) electrons. The lowest BCUT2D eigenvalue weighted by Gasteiger charge is -2.29. The van der Waals surface area contributed by atoms with E-state index in [1.54, 1.807) is 43.5 Å². The van der Waals surface area contributed by atoms with Crippen molar-refractivity contribution in [3.05, 3.63) is 125 Å². The zero-order valence-corrected chi connectivity index (χ0v) is 31.7. The Morgan fingerprint density at radius 2 is 1.85 bits per heavy atom. The molecule has 55 heavy (non-hydrogen) atoms. The zero-order valence-electron chi connectivity index (χ0n) is 31.7. The summed E-state index contributed by atoms with van der Waals surface area (Å²) in [4.78, 5) is 38.7. The van der Waals surface area contributed by atoms with Crippen LogP contribution in [0.2, 0.25) is 0 Å². The number of aliphatic hydroxyl groups excluding tert-OH is 1. The number of halogens is 1. The predicted molar refractivity (Wildman–Crippen MR) is 216 cm³/mol. The highest BCUT2D eigenvalue weighted by molar-refractivity contribution is 6.09. The number of H-pyrrole nitrogens is 1. The molecule has 2 atom stereocenters. The van der Waals surface area contributed by atoms with E-state index in [1.807, 2.05) is 55.6 Å². The first-order valence-corrected chi connectivity index (χ1v) is 19.2. The number of aromatic amines is 1. The average molecular weight is 741 g/mol. The van der Waals surface area contributed by atoms with Crippen LogP contribution in [-0.2, 0) is 11.2 Å². The van der Waals surface area contributed by atoms with Gasteiger partial charge in [0.2, 0.25) is 0 Å². The van der Waals surface area contributed by atoms with E-state index in [-0.39, 0.29) is 36.3 Å². The number of ether oxygens (including phenoxy) is 1. The van der Waals surface area contributed by atoms with E-state index in [1.165, 1.54) is 0 Å². The molecule has 0 spiro atoms. The van der Waals surface area contributed by atoms with Gasteiger partial charge in [0.15, 0.2) is 22.8 Å². The minimum atomic E-state index is -0.432. The molecule has 1 saturated carbocycles. The molecule has 0 aliphatic heterocycles. The summed E-state index contributed by atoms with van der Waals surface area (Å²) in [6.07, 6.45) is 9.69. The first-order chi connectivity index (χ1) is 26.6. The van der Waals surface area contributed by atoms with Crippen molar-refractivity contribution in [1.29, 1.82) is 5.41 Å². The number of unbranched alkanes of at least 4 members (excludes halogenated alkanes) is 1. The van der Waals surface area contributed by atoms with Gasteiger partial charge in [-0.3, -0.25) is 9.59 Å². The van der Waals surface area contributed by atoms with Crippen LogP contribution >= 0.6 is 0 Å². The van der Waals surface area contributed by atoms with Crippen LogP contribution in [0.4, 0.5) is 10.1 Å². The molecule has 1 aliphatic rings. The summed E-state index contributed by atoms with van der Waals surface area (Å²) in [5.74, 6) is 0.815. The molecular weight excluding hydrogens is 692 g/mol. The fourth-order valence-electron chi connectivity index (χ4n) is 7.53. The largest absolute Gasteiger partial charge is 0.454 e. The molecule has 8 nitrogen and oxygen atoms in total. The molecule has 284 valence electrons. The number of carbonyl (C=O) groups is 2. The highest BCUT2D eigenvalue weighted by atomic mass is 19.1. The number of ketones is 2. The normalized spacial score (nSPS) is 16.0. The summed E-state index contributed by atoms with van der Waals surface area (Å²) in [7, 11) is 0. The van der Waals surface area contributed by atoms with E-state index in [2.05, 4.69) is 16.5 Å². The van der Waals surface area contributed by atoms with Crippen LogP contribution in [-0.4, -0.2) is 39.0 Å². The van der Waals surface area contributed by atoms with Crippen molar-refractivity contribution in [1.82, 2.24) is 9.97 Å². The average Bonchev–Trinajstić information content (AvgIpc) is 3.50. The molecule has 6 rings (SSSR count). The van der Waals surface area contributed by atoms with Gasteiger partial charge in [-0.1, -0.05) is 49.4 Å². The van der Waals surface area contributed by atoms with Crippen LogP contribution < -0.4 is 10.2 Å². The van der Waals surface area contributed by atoms with E-state index in [9.17, 15) is 14.7 Å². The molecule has 2 heterocycles. The fraction of sp³-hybridized carbons (Fsp3) is 0.326. The Bertz CT molecular complexity index is 2280. The van der Waals surface area contributed by atoms with Gasteiger partial charge < -0.3 is 20.2 Å². The molecule has 9 heteroatoms. The summed E-state index contributed by atoms with van der Waals surface area (Å²) < 4.78 is 21.4. The predicted octanol–water partition coefficient (Wildman–Crippen LogP) is 10.3. The van der Waals surface area contributed by atoms with Gasteiger partial charge >= 0.3 is 0 Å². The first-order valence-electron chi connectivity index (χ1n) is 19.2. The maximum atomic E-state index is 15.6. The summed E-state index contributed by atoms with van der Waals surface area (Å²) in [5.41, 5.74) is 6.63. The first kappa shape index (κ1) is 39.2. The van der Waals surface area contributed by atoms with Gasteiger partial charge in [0.25, 0.3) is 0 Å². The number of rotatable bonds is 16. The van der Waals surface area contributed by atoms with E-state index in [0.29, 0.717) is 83.7 Å². The smallest absolute Gasteiger partial charge is 0.177 e. The number of Topliss-reactive ketones (excluding diaryl/α,β-unsaturated/α-hetero) is 2. The van der Waals surface area contributed by atoms with Gasteiger partial charge in [0.1, 0.15) is 11.5 Å². The Morgan fingerprint density at radius 3 is 2.64 bits per heavy atom. The third-order valence-electron chi connectivity index (χ3n) is 10.7. The van der Waals surface area contributed by atoms with E-state index in [0.717, 1.165) is 46.9 Å². The molecule has 1 fully saturated rings. The van der Waals surface area contributed by atoms with Crippen molar-refractivity contribution in [3.8, 4) is 22.6 Å². The number of para-hydroxylation sites is 1. The number of benzene rings is 3. The highest BCUT2D eigenvalue weighted by Crippen LogP contribution is 2.36. The van der Waals surface area contributed by atoms with Crippen LogP contribution in [0.25, 0.3) is 22.0 Å². The van der Waals surface area contributed by atoms with E-state index in [4.69, 9.17) is 15.1 Å². The van der Waals surface area contributed by atoms with Gasteiger partial charge in [-0.15, -0.1) is 0 Å². The van der Waals surface area contributed by atoms with E-state index < -0.39 is 5.82 Å². The van der Waals surface area contributed by atoms with Crippen LogP contribution in [0.1, 0.15) is 86.2 Å². The third-order valence-corrected chi connectivity index (χ3v) is 10.7. The van der Waals surface area contributed by atoms with Gasteiger partial charge in [-0.2, -0.15) is 0 Å². The van der Waals surface area contributed by atoms with Crippen LogP contribution in [0.3, 0.4) is 0 Å². The minimum absolute atomic E-state index is 0.0350. The molecule has 0 saturated heterocycles. The number of fused-ring (bicyclic) bond motifs is 1. The van der Waals surface area contributed by atoms with Crippen LogP contribution in [0.5, 0.6) is 11.5 Å². The molecule has 1 unspecified atom stereocenters. The monoisotopic (exact) mass is 740 g/mol. The Kier molecular flexibility index (Phi) is 13.0. The third kappa shape index (κ3) is 9.59. The van der Waals surface area contributed by atoms with Crippen molar-refractivity contribution in [2.45, 2.75) is 78.1 Å². The van der Waals surface area contributed by atoms with Gasteiger partial charge in [0, 0.05) is 66.4 Å². The van der Waals surface area contributed by atoms with Gasteiger partial charge in [-0.05, 0) is 117 Å². The number of nitrogens with zero attached hydrogens (tertiary/aromatic N) is 2. The number of carbonyl (C=O) groups excluding carboxylic acids is 2. The summed E-state index contributed by atoms with van der Waals surface area (Å²) in [6.45, 7) is 7.87. The highest BCUT2D eigenvalue weighted by Gasteiger charge is 2.26. The van der Waals surface area contributed by atoms with Crippen molar-refractivity contribution in [2.24, 2.45) is 16.8 Å². The Hall–Kier alpha value is -5.54. The number of aromatic nitrogens is 2. The number of aliphatic hydroxyl groups is 1. The van der Waals surface area contributed by atoms with Gasteiger partial charge in [0.05, 0.1) is 11.2 Å². The second kappa shape index (κ2) is 18.2. The maximum absolute atomic E-state index is 15.6. The molecule has 5 aromatic rings. The van der Waals surface area contributed by atoms with E-state index >= 15 is 4.39 Å². The summed E-state index contributed by atoms with van der Waals surface area (Å²) >= 11 is 0. The second-order valence-corrected chi connectivity index (χ2v) is 14.6. The lowest BCUT2D eigenvalue weighted by molar-refractivity contribution is -0.120. The Balaban J connectivity index is 1.10. The van der Waals surface area contributed by atoms with Crippen molar-refractivity contribution >= 4 is 33.9 Å². The van der Waals surface area contributed by atoms with Crippen molar-refractivity contribution in [2.75, 3.05) is 6.61 Å². The molecule has 0 amide bonds. The Labute approximate surface area is 321 Å². The molecule has 2 aromatic heterocycles. The SMILES string of the molecule is C=C1CCC(CC(=O)CCCCC(=N)CC(=O)c2ccc(N=c3ncccc4c(-c5ccc(Oc6ccccc6)c(F)c5C)c[nH]c34)cc2CC)C[C@H]1CO. The number of aryl methyl sites for hydroxylation is 1. The number of hydrogen-bond acceptors (Lipinski definition) is 7. The van der Waals surface area contributed by atoms with Crippen LogP contribution in [0.15, 0.2) is 102 Å². The van der Waals surface area contributed by atoms with Crippen molar-refractivity contribution in [3.63, 3.8) is 0 Å². The Morgan fingerprint density at radius 1 is 1.05 bits per heavy atom. The van der Waals surface area contributed by atoms with Crippen LogP contribution in [0, 0.1) is 30.0 Å². The lowest BCUT2D eigenvalue weighted by Crippen LogP contribution is -2.22. The van der Waals surface area contributed by atoms with Crippen molar-refractivity contribution < 1.29 is 23.8 Å². The fourth-order valence-corrected chi connectivity index (χ4v) is 7.53. The summed E-state index contributed by atoms with van der Waals surface area (Å²) in [6, 6.07) is 21.8. The molecule has 0 bridgehead atoms. The zero-order chi connectivity index (χ0) is 38.9. The number of hydrogen-bond donors (Lipinski definition) is 3. The maximum Gasteiger partial charge on any atom is 0.177 e. The second-order valence-electron chi connectivity index (χ2n) is 14.6. The van der Waals surface area contributed by atoms with Gasteiger partial charge in [-0.25, -0.2) is 14.4 Å². The lowest BCUT2D eigenvalue weighted by atomic mass is 9.76. The standard InChI is InChI=1S/C46H49FN4O4/c1-4-32-25-35(18-19-39(32)42(54)26-34(48)11-8-9-12-36(53)24-31-17-16-29(2)33(23-31)28-52)51-46-45-40(15-10-22-49-46)41(27-50-45)38-20-21-43(44(47)30(38)3)55-37-13-6-5-7-14-37/h5-7,10,13-15,18-22,25,27,31,33,48,50,52H,2,4,8-9,11-12,16-17,23-24,26,28H2,1,3H3/t31?,33-/m0/s1.